The lowest BCUT2D eigenvalue weighted by Gasteiger charge is -2.22. The van der Waals surface area contributed by atoms with Crippen LogP contribution in [0.25, 0.3) is 11.3 Å². The lowest BCUT2D eigenvalue weighted by molar-refractivity contribution is 0.230. The summed E-state index contributed by atoms with van der Waals surface area (Å²) in [6.07, 6.45) is 1.12. The van der Waals surface area contributed by atoms with Gasteiger partial charge in [0.1, 0.15) is 0 Å². The zero-order valence-corrected chi connectivity index (χ0v) is 13.6. The van der Waals surface area contributed by atoms with Crippen molar-refractivity contribution in [1.29, 1.82) is 0 Å². The third-order valence-electron chi connectivity index (χ3n) is 3.92. The molecule has 5 nitrogen and oxygen atoms in total. The van der Waals surface area contributed by atoms with Gasteiger partial charge >= 0.3 is 0 Å². The highest BCUT2D eigenvalue weighted by molar-refractivity contribution is 5.68. The van der Waals surface area contributed by atoms with Crippen molar-refractivity contribution >= 4 is 0 Å². The van der Waals surface area contributed by atoms with E-state index in [1.807, 2.05) is 32.0 Å². The van der Waals surface area contributed by atoms with E-state index in [1.165, 1.54) is 11.3 Å². The summed E-state index contributed by atoms with van der Waals surface area (Å²) < 4.78 is 11.3. The van der Waals surface area contributed by atoms with Gasteiger partial charge in [-0.25, -0.2) is 0 Å². The minimum atomic E-state index is 0.100. The van der Waals surface area contributed by atoms with Gasteiger partial charge in [0.15, 0.2) is 11.5 Å². The molecule has 1 aromatic carbocycles. The Kier molecular flexibility index (Phi) is 4.07. The van der Waals surface area contributed by atoms with Gasteiger partial charge in [-0.2, -0.15) is 5.10 Å². The van der Waals surface area contributed by atoms with Crippen LogP contribution in [-0.2, 0) is 13.0 Å². The number of fused-ring (bicyclic) bond motifs is 1. The third kappa shape index (κ3) is 2.81. The third-order valence-corrected chi connectivity index (χ3v) is 3.92. The molecule has 2 aromatic rings. The smallest absolute Gasteiger partial charge is 0.162 e. The second-order valence-corrected chi connectivity index (χ2v) is 6.05. The Hall–Kier alpha value is -2.01. The Morgan fingerprint density at radius 2 is 2.09 bits per heavy atom. The Bertz CT molecular complexity index is 664. The molecule has 0 amide bonds. The lowest BCUT2D eigenvalue weighted by Crippen LogP contribution is -2.26. The van der Waals surface area contributed by atoms with E-state index in [1.54, 1.807) is 7.11 Å². The van der Waals surface area contributed by atoms with Crippen LogP contribution in [-0.4, -0.2) is 41.9 Å². The maximum Gasteiger partial charge on any atom is 0.162 e. The average Bonchev–Trinajstić information content (AvgIpc) is 2.89. The molecule has 0 saturated heterocycles. The van der Waals surface area contributed by atoms with Gasteiger partial charge in [0.2, 0.25) is 0 Å². The number of H-pyrrole nitrogens is 1. The van der Waals surface area contributed by atoms with Crippen LogP contribution in [0.4, 0.5) is 0 Å². The molecular formula is C17H23N3O2. The van der Waals surface area contributed by atoms with E-state index in [0.29, 0.717) is 0 Å². The molecule has 0 radical (unpaired) electrons. The van der Waals surface area contributed by atoms with Gasteiger partial charge in [0.05, 0.1) is 18.9 Å². The largest absolute Gasteiger partial charge is 0.493 e. The van der Waals surface area contributed by atoms with Crippen LogP contribution in [0.2, 0.25) is 0 Å². The lowest BCUT2D eigenvalue weighted by atomic mass is 10.0. The monoisotopic (exact) mass is 301 g/mol. The van der Waals surface area contributed by atoms with Gasteiger partial charge in [-0.3, -0.25) is 5.10 Å². The van der Waals surface area contributed by atoms with Gasteiger partial charge in [-0.1, -0.05) is 0 Å². The highest BCUT2D eigenvalue weighted by atomic mass is 16.5. The minimum Gasteiger partial charge on any atom is -0.493 e. The second kappa shape index (κ2) is 6.01. The van der Waals surface area contributed by atoms with E-state index >= 15 is 0 Å². The summed E-state index contributed by atoms with van der Waals surface area (Å²) in [6.45, 7) is 6.02. The first-order chi connectivity index (χ1) is 10.6. The number of likely N-dealkylation sites (N-methyl/N-ethyl adjacent to an activating group) is 1. The first-order valence-corrected chi connectivity index (χ1v) is 7.68. The molecule has 118 valence electrons. The molecule has 0 saturated carbocycles. The highest BCUT2D eigenvalue weighted by Crippen LogP contribution is 2.35. The van der Waals surface area contributed by atoms with Crippen molar-refractivity contribution in [3.8, 4) is 22.8 Å². The molecule has 1 aliphatic heterocycles. The topological polar surface area (TPSA) is 50.4 Å². The van der Waals surface area contributed by atoms with Crippen molar-refractivity contribution in [3.63, 3.8) is 0 Å². The van der Waals surface area contributed by atoms with Crippen molar-refractivity contribution in [1.82, 2.24) is 15.1 Å². The quantitative estimate of drug-likeness (QED) is 0.943. The summed E-state index contributed by atoms with van der Waals surface area (Å²) in [4.78, 5) is 2.32. The number of hydrogen-bond acceptors (Lipinski definition) is 4. The van der Waals surface area contributed by atoms with E-state index in [4.69, 9.17) is 9.47 Å². The van der Waals surface area contributed by atoms with Crippen molar-refractivity contribution in [2.24, 2.45) is 0 Å². The molecule has 3 rings (SSSR count). The Balaban J connectivity index is 2.00. The molecule has 22 heavy (non-hydrogen) atoms. The summed E-state index contributed by atoms with van der Waals surface area (Å²) in [5, 5.41) is 7.72. The molecule has 5 heteroatoms. The van der Waals surface area contributed by atoms with Gasteiger partial charge in [-0.05, 0) is 39.1 Å². The predicted octanol–water partition coefficient (Wildman–Crippen LogP) is 2.86. The predicted molar refractivity (Wildman–Crippen MR) is 86.4 cm³/mol. The summed E-state index contributed by atoms with van der Waals surface area (Å²) in [5.74, 6) is 1.51. The maximum atomic E-state index is 5.87. The number of nitrogens with one attached hydrogen (secondary N) is 1. The number of rotatable bonds is 4. The average molecular weight is 301 g/mol. The van der Waals surface area contributed by atoms with Crippen LogP contribution < -0.4 is 9.47 Å². The minimum absolute atomic E-state index is 0.100. The zero-order valence-electron chi connectivity index (χ0n) is 13.6. The molecule has 0 atom stereocenters. The molecule has 0 bridgehead atoms. The molecule has 0 spiro atoms. The van der Waals surface area contributed by atoms with Gasteiger partial charge in [0.25, 0.3) is 0 Å². The molecule has 1 N–H and O–H groups in total. The fourth-order valence-electron chi connectivity index (χ4n) is 2.84. The number of ether oxygens (including phenoxy) is 2. The molecule has 1 aliphatic rings. The first kappa shape index (κ1) is 14.9. The van der Waals surface area contributed by atoms with E-state index < -0.39 is 0 Å². The van der Waals surface area contributed by atoms with Crippen LogP contribution in [0, 0.1) is 0 Å². The number of hydrogen-bond donors (Lipinski definition) is 1. The van der Waals surface area contributed by atoms with Crippen LogP contribution in [0.15, 0.2) is 18.2 Å². The summed E-state index contributed by atoms with van der Waals surface area (Å²) in [5.41, 5.74) is 4.60. The number of aromatic nitrogens is 2. The van der Waals surface area contributed by atoms with E-state index in [-0.39, 0.29) is 6.10 Å². The number of benzene rings is 1. The SMILES string of the molecule is COc1ccc(-c2n[nH]c3c2CN(C)CC3)cc1OC(C)C. The summed E-state index contributed by atoms with van der Waals surface area (Å²) in [6, 6.07) is 6.00. The maximum absolute atomic E-state index is 5.87. The second-order valence-electron chi connectivity index (χ2n) is 6.05. The van der Waals surface area contributed by atoms with Gasteiger partial charge in [0, 0.05) is 36.3 Å². The normalized spacial score (nSPS) is 15.0. The molecule has 0 fully saturated rings. The molecule has 1 aromatic heterocycles. The fourth-order valence-corrected chi connectivity index (χ4v) is 2.84. The van der Waals surface area contributed by atoms with E-state index in [9.17, 15) is 0 Å². The Morgan fingerprint density at radius 3 is 2.82 bits per heavy atom. The standard InChI is InChI=1S/C17H23N3O2/c1-11(2)22-16-9-12(5-6-15(16)21-4)17-13-10-20(3)8-7-14(13)18-19-17/h5-6,9,11H,7-8,10H2,1-4H3,(H,18,19). The van der Waals surface area contributed by atoms with Crippen molar-refractivity contribution in [2.75, 3.05) is 20.7 Å². The Morgan fingerprint density at radius 1 is 1.27 bits per heavy atom. The van der Waals surface area contributed by atoms with Crippen LogP contribution in [0.5, 0.6) is 11.5 Å². The van der Waals surface area contributed by atoms with Crippen molar-refractivity contribution in [3.05, 3.63) is 29.5 Å². The fraction of sp³-hybridized carbons (Fsp3) is 0.471. The number of nitrogens with zero attached hydrogens (tertiary/aromatic N) is 2. The molecular weight excluding hydrogens is 278 g/mol. The molecule has 0 aliphatic carbocycles. The van der Waals surface area contributed by atoms with E-state index in [0.717, 1.165) is 42.3 Å². The van der Waals surface area contributed by atoms with Gasteiger partial charge in [-0.15, -0.1) is 0 Å². The first-order valence-electron chi connectivity index (χ1n) is 7.68. The Labute approximate surface area is 131 Å². The molecule has 2 heterocycles. The summed E-state index contributed by atoms with van der Waals surface area (Å²) >= 11 is 0. The van der Waals surface area contributed by atoms with Crippen molar-refractivity contribution < 1.29 is 9.47 Å². The molecule has 0 unspecified atom stereocenters. The number of methoxy groups -OCH3 is 1. The zero-order chi connectivity index (χ0) is 15.7. The van der Waals surface area contributed by atoms with Gasteiger partial charge < -0.3 is 14.4 Å². The highest BCUT2D eigenvalue weighted by Gasteiger charge is 2.21. The van der Waals surface area contributed by atoms with E-state index in [2.05, 4.69) is 22.1 Å². The summed E-state index contributed by atoms with van der Waals surface area (Å²) in [7, 11) is 3.80. The van der Waals surface area contributed by atoms with Crippen LogP contribution >= 0.6 is 0 Å². The van der Waals surface area contributed by atoms with Crippen LogP contribution in [0.1, 0.15) is 25.1 Å². The van der Waals surface area contributed by atoms with Crippen molar-refractivity contribution in [2.45, 2.75) is 32.9 Å². The van der Waals surface area contributed by atoms with Crippen LogP contribution in [0.3, 0.4) is 0 Å². The number of aromatic amines is 1.